The zero-order valence-electron chi connectivity index (χ0n) is 16.5. The van der Waals surface area contributed by atoms with Crippen LogP contribution in [0.25, 0.3) is 0 Å². The molecule has 1 saturated heterocycles. The van der Waals surface area contributed by atoms with Crippen molar-refractivity contribution < 1.29 is 13.9 Å². The van der Waals surface area contributed by atoms with Gasteiger partial charge >= 0.3 is 5.63 Å². The van der Waals surface area contributed by atoms with Crippen LogP contribution < -0.4 is 21.0 Å². The van der Waals surface area contributed by atoms with Gasteiger partial charge < -0.3 is 19.8 Å². The predicted octanol–water partition coefficient (Wildman–Crippen LogP) is 3.85. The van der Waals surface area contributed by atoms with Gasteiger partial charge in [-0.3, -0.25) is 4.79 Å². The SMILES string of the molecule is CCCCOc1ccc(NC(=O)c2c(C)cc(C3CCCNC3)oc2=O)cc1. The van der Waals surface area contributed by atoms with Gasteiger partial charge in [0.05, 0.1) is 6.61 Å². The Bertz CT molecular complexity index is 852. The molecule has 2 aromatic rings. The molecule has 1 unspecified atom stereocenters. The van der Waals surface area contributed by atoms with Crippen molar-refractivity contribution in [1.82, 2.24) is 5.32 Å². The number of piperidine rings is 1. The topological polar surface area (TPSA) is 80.6 Å². The number of rotatable bonds is 7. The lowest BCUT2D eigenvalue weighted by molar-refractivity contribution is 0.102. The Morgan fingerprint density at radius 1 is 1.32 bits per heavy atom. The summed E-state index contributed by atoms with van der Waals surface area (Å²) in [6.45, 7) is 6.34. The molecule has 1 aliphatic rings. The zero-order valence-corrected chi connectivity index (χ0v) is 16.5. The Hall–Kier alpha value is -2.60. The third-order valence-corrected chi connectivity index (χ3v) is 4.97. The fraction of sp³-hybridized carbons (Fsp3) is 0.455. The molecule has 6 heteroatoms. The van der Waals surface area contributed by atoms with Crippen molar-refractivity contribution in [3.05, 3.63) is 57.6 Å². The summed E-state index contributed by atoms with van der Waals surface area (Å²) in [6.07, 6.45) is 4.11. The fourth-order valence-electron chi connectivity index (χ4n) is 3.36. The second-order valence-electron chi connectivity index (χ2n) is 7.22. The highest BCUT2D eigenvalue weighted by molar-refractivity contribution is 6.04. The number of aryl methyl sites for hydroxylation is 1. The van der Waals surface area contributed by atoms with Crippen LogP contribution in [0.2, 0.25) is 0 Å². The molecule has 1 amide bonds. The number of hydrogen-bond donors (Lipinski definition) is 2. The molecule has 0 aliphatic carbocycles. The van der Waals surface area contributed by atoms with E-state index < -0.39 is 11.5 Å². The van der Waals surface area contributed by atoms with Crippen LogP contribution in [0, 0.1) is 6.92 Å². The van der Waals surface area contributed by atoms with E-state index >= 15 is 0 Å². The minimum absolute atomic E-state index is 0.0517. The molecule has 1 aromatic heterocycles. The van der Waals surface area contributed by atoms with E-state index in [1.54, 1.807) is 31.2 Å². The molecule has 0 spiro atoms. The van der Waals surface area contributed by atoms with Gasteiger partial charge in [0.25, 0.3) is 5.91 Å². The van der Waals surface area contributed by atoms with Crippen LogP contribution in [0.3, 0.4) is 0 Å². The minimum Gasteiger partial charge on any atom is -0.494 e. The summed E-state index contributed by atoms with van der Waals surface area (Å²) in [7, 11) is 0. The molecule has 1 fully saturated rings. The van der Waals surface area contributed by atoms with Gasteiger partial charge in [0, 0.05) is 18.2 Å². The number of nitrogens with one attached hydrogen (secondary N) is 2. The minimum atomic E-state index is -0.586. The fourth-order valence-corrected chi connectivity index (χ4v) is 3.36. The first-order chi connectivity index (χ1) is 13.6. The summed E-state index contributed by atoms with van der Waals surface area (Å²) in [4.78, 5) is 25.1. The Morgan fingerprint density at radius 3 is 2.75 bits per heavy atom. The number of hydrogen-bond acceptors (Lipinski definition) is 5. The largest absolute Gasteiger partial charge is 0.494 e. The Labute approximate surface area is 165 Å². The van der Waals surface area contributed by atoms with Gasteiger partial charge in [0.15, 0.2) is 0 Å². The van der Waals surface area contributed by atoms with Gasteiger partial charge in [-0.1, -0.05) is 13.3 Å². The number of ether oxygens (including phenoxy) is 1. The highest BCUT2D eigenvalue weighted by Gasteiger charge is 2.22. The molecule has 28 heavy (non-hydrogen) atoms. The molecule has 1 aromatic carbocycles. The standard InChI is InChI=1S/C22H28N2O4/c1-3-4-12-27-18-9-7-17(8-10-18)24-21(25)20-15(2)13-19(28-22(20)26)16-6-5-11-23-14-16/h7-10,13,16,23H,3-6,11-12,14H2,1-2H3,(H,24,25). The van der Waals surface area contributed by atoms with Crippen LogP contribution in [-0.2, 0) is 0 Å². The lowest BCUT2D eigenvalue weighted by Gasteiger charge is -2.22. The highest BCUT2D eigenvalue weighted by Crippen LogP contribution is 2.24. The second-order valence-corrected chi connectivity index (χ2v) is 7.22. The molecule has 2 N–H and O–H groups in total. The average molecular weight is 384 g/mol. The van der Waals surface area contributed by atoms with Crippen molar-refractivity contribution >= 4 is 11.6 Å². The summed E-state index contributed by atoms with van der Waals surface area (Å²) in [6, 6.07) is 8.95. The number of benzene rings is 1. The van der Waals surface area contributed by atoms with Gasteiger partial charge in [-0.2, -0.15) is 0 Å². The quantitative estimate of drug-likeness (QED) is 0.709. The molecular weight excluding hydrogens is 356 g/mol. The van der Waals surface area contributed by atoms with Crippen LogP contribution in [0.5, 0.6) is 5.75 Å². The van der Waals surface area contributed by atoms with Crippen LogP contribution in [0.15, 0.2) is 39.5 Å². The first-order valence-electron chi connectivity index (χ1n) is 9.98. The molecule has 150 valence electrons. The number of carbonyl (C=O) groups is 1. The smallest absolute Gasteiger partial charge is 0.349 e. The molecule has 1 aliphatic heterocycles. The third-order valence-electron chi connectivity index (χ3n) is 4.97. The summed E-state index contributed by atoms with van der Waals surface area (Å²) in [5, 5.41) is 6.08. The third kappa shape index (κ3) is 5.01. The molecule has 1 atom stereocenters. The number of carbonyl (C=O) groups excluding carboxylic acids is 1. The van der Waals surface area contributed by atoms with Crippen molar-refractivity contribution in [2.45, 2.75) is 45.4 Å². The predicted molar refractivity (Wildman–Crippen MR) is 109 cm³/mol. The summed E-state index contributed by atoms with van der Waals surface area (Å²) < 4.78 is 11.1. The van der Waals surface area contributed by atoms with Crippen molar-refractivity contribution in [2.75, 3.05) is 25.0 Å². The van der Waals surface area contributed by atoms with Gasteiger partial charge in [-0.15, -0.1) is 0 Å². The van der Waals surface area contributed by atoms with Gasteiger partial charge in [0.2, 0.25) is 0 Å². The zero-order chi connectivity index (χ0) is 19.9. The van der Waals surface area contributed by atoms with Gasteiger partial charge in [-0.25, -0.2) is 4.79 Å². The van der Waals surface area contributed by atoms with E-state index in [4.69, 9.17) is 9.15 Å². The summed E-state index contributed by atoms with van der Waals surface area (Å²) >= 11 is 0. The average Bonchev–Trinajstić information content (AvgIpc) is 2.69. The molecule has 0 radical (unpaired) electrons. The molecule has 3 rings (SSSR count). The maximum atomic E-state index is 12.6. The second kappa shape index (κ2) is 9.55. The first-order valence-corrected chi connectivity index (χ1v) is 9.98. The lowest BCUT2D eigenvalue weighted by Crippen LogP contribution is -2.30. The van der Waals surface area contributed by atoms with E-state index in [2.05, 4.69) is 17.6 Å². The van der Waals surface area contributed by atoms with Crippen molar-refractivity contribution in [3.8, 4) is 5.75 Å². The van der Waals surface area contributed by atoms with Crippen molar-refractivity contribution in [3.63, 3.8) is 0 Å². The van der Waals surface area contributed by atoms with Crippen molar-refractivity contribution in [2.24, 2.45) is 0 Å². The maximum Gasteiger partial charge on any atom is 0.349 e. The van der Waals surface area contributed by atoms with Gasteiger partial charge in [0.1, 0.15) is 17.1 Å². The van der Waals surface area contributed by atoms with Crippen LogP contribution in [-0.4, -0.2) is 25.6 Å². The number of unbranched alkanes of at least 4 members (excludes halogenated alkanes) is 1. The molecule has 2 heterocycles. The van der Waals surface area contributed by atoms with Crippen LogP contribution in [0.1, 0.15) is 60.2 Å². The highest BCUT2D eigenvalue weighted by atomic mass is 16.5. The van der Waals surface area contributed by atoms with E-state index in [1.165, 1.54) is 0 Å². The first kappa shape index (κ1) is 20.1. The van der Waals surface area contributed by atoms with E-state index in [0.717, 1.165) is 44.5 Å². The molecule has 6 nitrogen and oxygen atoms in total. The monoisotopic (exact) mass is 384 g/mol. The Morgan fingerprint density at radius 2 is 2.11 bits per heavy atom. The number of amides is 1. The van der Waals surface area contributed by atoms with E-state index in [9.17, 15) is 9.59 Å². The molecule has 0 bridgehead atoms. The maximum absolute atomic E-state index is 12.6. The lowest BCUT2D eigenvalue weighted by atomic mass is 9.95. The summed E-state index contributed by atoms with van der Waals surface area (Å²) in [5.74, 6) is 1.13. The van der Waals surface area contributed by atoms with Gasteiger partial charge in [-0.05, 0) is 68.6 Å². The Kier molecular flexibility index (Phi) is 6.87. The Balaban J connectivity index is 1.69. The van der Waals surface area contributed by atoms with E-state index in [-0.39, 0.29) is 11.5 Å². The van der Waals surface area contributed by atoms with Crippen molar-refractivity contribution in [1.29, 1.82) is 0 Å². The normalized spacial score (nSPS) is 16.6. The van der Waals surface area contributed by atoms with E-state index in [0.29, 0.717) is 23.6 Å². The number of anilines is 1. The summed E-state index contributed by atoms with van der Waals surface area (Å²) in [5.41, 5.74) is 0.703. The van der Waals surface area contributed by atoms with Crippen LogP contribution >= 0.6 is 0 Å². The van der Waals surface area contributed by atoms with E-state index in [1.807, 2.05) is 6.07 Å². The molecule has 0 saturated carbocycles. The van der Waals surface area contributed by atoms with Crippen LogP contribution in [0.4, 0.5) is 5.69 Å². The molecular formula is C22H28N2O4.